The molecule has 38 heavy (non-hydrogen) atoms. The van der Waals surface area contributed by atoms with Crippen molar-refractivity contribution in [3.63, 3.8) is 0 Å². The molecule has 1 saturated heterocycles. The van der Waals surface area contributed by atoms with Crippen LogP contribution in [0.15, 0.2) is 77.7 Å². The Bertz CT molecular complexity index is 1210. The lowest BCUT2D eigenvalue weighted by Gasteiger charge is -2.35. The normalized spacial score (nSPS) is 19.3. The third kappa shape index (κ3) is 6.54. The summed E-state index contributed by atoms with van der Waals surface area (Å²) in [4.78, 5) is 18.0. The molecule has 1 fully saturated rings. The molecule has 2 atom stereocenters. The molecule has 0 saturated carbocycles. The van der Waals surface area contributed by atoms with Gasteiger partial charge in [0.15, 0.2) is 0 Å². The van der Waals surface area contributed by atoms with Gasteiger partial charge in [0.1, 0.15) is 6.61 Å². The molecule has 1 heterocycles. The van der Waals surface area contributed by atoms with Gasteiger partial charge in [0.25, 0.3) is 0 Å². The van der Waals surface area contributed by atoms with E-state index in [9.17, 15) is 4.79 Å². The molecule has 0 radical (unpaired) electrons. The van der Waals surface area contributed by atoms with Crippen molar-refractivity contribution in [2.75, 3.05) is 44.7 Å². The third-order valence-corrected chi connectivity index (χ3v) is 8.97. The Hall–Kier alpha value is -2.96. The topological polar surface area (TPSA) is 36.0 Å². The zero-order valence-electron chi connectivity index (χ0n) is 22.8. The van der Waals surface area contributed by atoms with E-state index in [1.807, 2.05) is 49.3 Å². The maximum absolute atomic E-state index is 12.5. The summed E-state index contributed by atoms with van der Waals surface area (Å²) < 4.78 is 7.98. The molecule has 1 aliphatic carbocycles. The van der Waals surface area contributed by atoms with Gasteiger partial charge in [0, 0.05) is 50.4 Å². The number of amides is 1. The van der Waals surface area contributed by atoms with Crippen molar-refractivity contribution < 1.29 is 9.53 Å². The quantitative estimate of drug-likeness (QED) is 0.292. The molecular formula is C32H39N3O2S. The lowest BCUT2D eigenvalue weighted by Crippen LogP contribution is -2.43. The van der Waals surface area contributed by atoms with Crippen LogP contribution >= 0.6 is 11.9 Å². The maximum atomic E-state index is 12.5. The van der Waals surface area contributed by atoms with Crippen LogP contribution in [0.1, 0.15) is 53.9 Å². The molecule has 6 heteroatoms. The van der Waals surface area contributed by atoms with Crippen LogP contribution in [0, 0.1) is 6.92 Å². The van der Waals surface area contributed by atoms with Crippen LogP contribution in [0.2, 0.25) is 0 Å². The van der Waals surface area contributed by atoms with Gasteiger partial charge in [-0.25, -0.2) is 9.10 Å². The van der Waals surface area contributed by atoms with E-state index in [4.69, 9.17) is 4.74 Å². The molecule has 2 aliphatic rings. The molecule has 0 spiro atoms. The number of benzene rings is 3. The minimum Gasteiger partial charge on any atom is -0.445 e. The van der Waals surface area contributed by atoms with E-state index in [0.29, 0.717) is 25.0 Å². The van der Waals surface area contributed by atoms with Gasteiger partial charge in [0.2, 0.25) is 0 Å². The summed E-state index contributed by atoms with van der Waals surface area (Å²) >= 11 is 1.87. The molecule has 1 amide bonds. The fourth-order valence-electron chi connectivity index (χ4n) is 5.57. The Balaban J connectivity index is 1.12. The number of fused-ring (bicyclic) bond motifs is 1. The number of piperazine rings is 1. The minimum atomic E-state index is -0.254. The highest BCUT2D eigenvalue weighted by atomic mass is 32.2. The summed E-state index contributed by atoms with van der Waals surface area (Å²) in [7, 11) is 1.84. The first kappa shape index (κ1) is 26.6. The fourth-order valence-corrected chi connectivity index (χ4v) is 6.47. The average Bonchev–Trinajstić information content (AvgIpc) is 3.27. The number of hydrogen-bond donors (Lipinski definition) is 0. The number of carbonyl (C=O) groups excluding carboxylic acids is 1. The molecule has 200 valence electrons. The Morgan fingerprint density at radius 3 is 2.45 bits per heavy atom. The Labute approximate surface area is 231 Å². The SMILES string of the molecule is Cc1ccc(SN2CCN(c3ccc4c(c3)[C@H](C)C[C@H]4CCN(C)C(=O)OCc3ccccc3)CC2)cc1. The molecule has 0 aromatic heterocycles. The van der Waals surface area contributed by atoms with E-state index < -0.39 is 0 Å². The summed E-state index contributed by atoms with van der Waals surface area (Å²) in [5.41, 5.74) is 6.60. The van der Waals surface area contributed by atoms with Gasteiger partial charge in [0.05, 0.1) is 0 Å². The van der Waals surface area contributed by atoms with Gasteiger partial charge in [-0.15, -0.1) is 0 Å². The van der Waals surface area contributed by atoms with Crippen LogP contribution in [0.5, 0.6) is 0 Å². The van der Waals surface area contributed by atoms with Crippen LogP contribution in [-0.2, 0) is 11.3 Å². The molecule has 1 aliphatic heterocycles. The largest absolute Gasteiger partial charge is 0.445 e. The van der Waals surface area contributed by atoms with Gasteiger partial charge in [-0.05, 0) is 84.5 Å². The third-order valence-electron chi connectivity index (χ3n) is 7.87. The van der Waals surface area contributed by atoms with Crippen LogP contribution in [0.4, 0.5) is 10.5 Å². The number of nitrogens with zero attached hydrogens (tertiary/aromatic N) is 3. The first-order valence-electron chi connectivity index (χ1n) is 13.8. The highest BCUT2D eigenvalue weighted by Crippen LogP contribution is 2.44. The molecule has 5 rings (SSSR count). The van der Waals surface area contributed by atoms with Gasteiger partial charge < -0.3 is 14.5 Å². The molecular weight excluding hydrogens is 490 g/mol. The maximum Gasteiger partial charge on any atom is 0.409 e. The molecule has 0 bridgehead atoms. The second kappa shape index (κ2) is 12.3. The smallest absolute Gasteiger partial charge is 0.409 e. The van der Waals surface area contributed by atoms with Crippen LogP contribution < -0.4 is 4.90 Å². The number of anilines is 1. The summed E-state index contributed by atoms with van der Waals surface area (Å²) in [6, 6.07) is 25.7. The lowest BCUT2D eigenvalue weighted by molar-refractivity contribution is 0.104. The predicted octanol–water partition coefficient (Wildman–Crippen LogP) is 7.07. The average molecular weight is 530 g/mol. The van der Waals surface area contributed by atoms with E-state index in [0.717, 1.165) is 44.6 Å². The summed E-state index contributed by atoms with van der Waals surface area (Å²) in [6.07, 6.45) is 1.85. The summed E-state index contributed by atoms with van der Waals surface area (Å²) in [5, 5.41) is 0. The minimum absolute atomic E-state index is 0.254. The van der Waals surface area contributed by atoms with Crippen LogP contribution in [0.25, 0.3) is 0 Å². The number of carbonyl (C=O) groups is 1. The number of hydrogen-bond acceptors (Lipinski definition) is 5. The molecule has 3 aromatic carbocycles. The van der Waals surface area contributed by atoms with Gasteiger partial charge >= 0.3 is 6.09 Å². The molecule has 3 aromatic rings. The second-order valence-corrected chi connectivity index (χ2v) is 11.9. The Morgan fingerprint density at radius 2 is 1.71 bits per heavy atom. The van der Waals surface area contributed by atoms with E-state index in [-0.39, 0.29) is 6.09 Å². The van der Waals surface area contributed by atoms with Crippen molar-refractivity contribution in [1.29, 1.82) is 0 Å². The molecule has 5 nitrogen and oxygen atoms in total. The lowest BCUT2D eigenvalue weighted by atomic mass is 9.97. The van der Waals surface area contributed by atoms with E-state index in [1.165, 1.54) is 27.3 Å². The van der Waals surface area contributed by atoms with Crippen LogP contribution in [0.3, 0.4) is 0 Å². The van der Waals surface area contributed by atoms with Crippen molar-refractivity contribution in [2.45, 2.75) is 50.0 Å². The van der Waals surface area contributed by atoms with E-state index in [1.54, 1.807) is 4.90 Å². The van der Waals surface area contributed by atoms with Gasteiger partial charge in [-0.3, -0.25) is 0 Å². The Kier molecular flexibility index (Phi) is 8.60. The molecule has 0 unspecified atom stereocenters. The number of aryl methyl sites for hydroxylation is 1. The first-order valence-corrected chi connectivity index (χ1v) is 14.5. The summed E-state index contributed by atoms with van der Waals surface area (Å²) in [6.45, 7) is 9.70. The first-order chi connectivity index (χ1) is 18.5. The standard InChI is InChI=1S/C32H39N3O2S/c1-24-9-12-29(13-10-24)38-35-19-17-34(18-20-35)28-11-14-30-27(21-25(2)31(30)22-28)15-16-33(3)32(36)37-23-26-7-5-4-6-8-26/h4-14,22,25,27H,15-21,23H2,1-3H3/t25-,27-/m1/s1. The van der Waals surface area contributed by atoms with Crippen molar-refractivity contribution >= 4 is 23.7 Å². The van der Waals surface area contributed by atoms with Crippen molar-refractivity contribution in [3.05, 3.63) is 95.1 Å². The second-order valence-electron chi connectivity index (χ2n) is 10.7. The van der Waals surface area contributed by atoms with Gasteiger partial charge in [-0.2, -0.15) is 0 Å². The molecule has 0 N–H and O–H groups in total. The van der Waals surface area contributed by atoms with Crippen molar-refractivity contribution in [1.82, 2.24) is 9.21 Å². The van der Waals surface area contributed by atoms with Crippen LogP contribution in [-0.4, -0.2) is 55.1 Å². The zero-order chi connectivity index (χ0) is 26.5. The highest BCUT2D eigenvalue weighted by molar-refractivity contribution is 7.97. The monoisotopic (exact) mass is 529 g/mol. The number of rotatable bonds is 8. The van der Waals surface area contributed by atoms with Gasteiger partial charge in [-0.1, -0.05) is 61.0 Å². The van der Waals surface area contributed by atoms with E-state index in [2.05, 4.69) is 65.5 Å². The summed E-state index contributed by atoms with van der Waals surface area (Å²) in [5.74, 6) is 1.03. The number of ether oxygens (including phenoxy) is 1. The fraction of sp³-hybridized carbons (Fsp3) is 0.406. The van der Waals surface area contributed by atoms with Crippen molar-refractivity contribution in [2.24, 2.45) is 0 Å². The van der Waals surface area contributed by atoms with Crippen molar-refractivity contribution in [3.8, 4) is 0 Å². The van der Waals surface area contributed by atoms with E-state index >= 15 is 0 Å². The predicted molar refractivity (Wildman–Crippen MR) is 157 cm³/mol. The Morgan fingerprint density at radius 1 is 0.974 bits per heavy atom. The highest BCUT2D eigenvalue weighted by Gasteiger charge is 2.30. The zero-order valence-corrected chi connectivity index (χ0v) is 23.6.